The van der Waals surface area contributed by atoms with Crippen LogP contribution in [0.2, 0.25) is 0 Å². The molecule has 0 radical (unpaired) electrons. The molecule has 1 aliphatic heterocycles. The molecule has 4 heteroatoms. The Morgan fingerprint density at radius 2 is 2.27 bits per heavy atom. The summed E-state index contributed by atoms with van der Waals surface area (Å²) in [6.45, 7) is 0.966. The molecule has 1 rings (SSSR count). The predicted molar refractivity (Wildman–Crippen MR) is 34.7 cm³/mol. The van der Waals surface area contributed by atoms with E-state index in [2.05, 4.69) is 4.74 Å². The average Bonchev–Trinajstić information content (AvgIpc) is 2.19. The molecule has 0 amide bonds. The molecule has 11 heavy (non-hydrogen) atoms. The van der Waals surface area contributed by atoms with Gasteiger partial charge >= 0.3 is 5.97 Å². The van der Waals surface area contributed by atoms with E-state index < -0.39 is 23.8 Å². The molecule has 0 bridgehead atoms. The lowest BCUT2D eigenvalue weighted by Gasteiger charge is -2.14. The van der Waals surface area contributed by atoms with E-state index in [1.165, 1.54) is 0 Å². The number of ether oxygens (including phenoxy) is 1. The van der Waals surface area contributed by atoms with Crippen molar-refractivity contribution in [3.05, 3.63) is 0 Å². The van der Waals surface area contributed by atoms with E-state index in [-0.39, 0.29) is 13.0 Å². The van der Waals surface area contributed by atoms with Crippen molar-refractivity contribution >= 4 is 11.8 Å². The lowest BCUT2D eigenvalue weighted by Crippen LogP contribution is -2.28. The van der Waals surface area contributed by atoms with Crippen LogP contribution in [0.25, 0.3) is 0 Å². The number of carbonyl (C=O) groups is 2. The lowest BCUT2D eigenvalue weighted by atomic mass is 9.85. The molecule has 1 heterocycles. The third-order valence-corrected chi connectivity index (χ3v) is 1.90. The minimum absolute atomic E-state index is 0.0224. The maximum absolute atomic E-state index is 11.9. The highest BCUT2D eigenvalue weighted by atomic mass is 19.1. The Balaban J connectivity index is 2.73. The van der Waals surface area contributed by atoms with Crippen molar-refractivity contribution in [1.29, 1.82) is 0 Å². The van der Waals surface area contributed by atoms with Crippen LogP contribution in [0, 0.1) is 5.41 Å². The summed E-state index contributed by atoms with van der Waals surface area (Å²) < 4.78 is 16.3. The van der Waals surface area contributed by atoms with Crippen molar-refractivity contribution in [1.82, 2.24) is 0 Å². The topological polar surface area (TPSA) is 43.4 Å². The fraction of sp³-hybridized carbons (Fsp3) is 0.714. The number of hydrogen-bond acceptors (Lipinski definition) is 3. The van der Waals surface area contributed by atoms with Gasteiger partial charge in [-0.05, 0) is 13.3 Å². The molecule has 1 fully saturated rings. The van der Waals surface area contributed by atoms with Crippen molar-refractivity contribution < 1.29 is 18.7 Å². The van der Waals surface area contributed by atoms with Gasteiger partial charge in [-0.1, -0.05) is 0 Å². The van der Waals surface area contributed by atoms with Crippen LogP contribution in [-0.2, 0) is 14.3 Å². The monoisotopic (exact) mass is 160 g/mol. The Bertz CT molecular complexity index is 202. The summed E-state index contributed by atoms with van der Waals surface area (Å²) in [5, 5.41) is 0. The quantitative estimate of drug-likeness (QED) is 0.436. The molecule has 0 saturated carbocycles. The predicted octanol–water partition coefficient (Wildman–Crippen LogP) is 0.478. The Labute approximate surface area is 63.5 Å². The van der Waals surface area contributed by atoms with Crippen LogP contribution in [0.5, 0.6) is 0 Å². The van der Waals surface area contributed by atoms with Gasteiger partial charge in [0.15, 0.2) is 0 Å². The van der Waals surface area contributed by atoms with Crippen molar-refractivity contribution in [2.24, 2.45) is 5.41 Å². The van der Waals surface area contributed by atoms with E-state index in [0.717, 1.165) is 0 Å². The second kappa shape index (κ2) is 2.60. The van der Waals surface area contributed by atoms with Crippen molar-refractivity contribution in [3.8, 4) is 0 Å². The molecule has 1 saturated heterocycles. The molecule has 0 aliphatic carbocycles. The number of cyclic esters (lactones) is 1. The van der Waals surface area contributed by atoms with E-state index in [1.807, 2.05) is 0 Å². The van der Waals surface area contributed by atoms with Crippen molar-refractivity contribution in [2.45, 2.75) is 13.3 Å². The highest BCUT2D eigenvalue weighted by Crippen LogP contribution is 2.28. The molecule has 0 N–H and O–H groups in total. The summed E-state index contributed by atoms with van der Waals surface area (Å²) in [5.41, 5.74) is -0.911. The third-order valence-electron chi connectivity index (χ3n) is 1.90. The van der Waals surface area contributed by atoms with Gasteiger partial charge in [-0.2, -0.15) is 0 Å². The van der Waals surface area contributed by atoms with Gasteiger partial charge in [0.1, 0.15) is 6.61 Å². The lowest BCUT2D eigenvalue weighted by molar-refractivity contribution is -0.147. The van der Waals surface area contributed by atoms with E-state index >= 15 is 0 Å². The van der Waals surface area contributed by atoms with Gasteiger partial charge in [0.2, 0.25) is 5.78 Å². The number of esters is 1. The van der Waals surface area contributed by atoms with Gasteiger partial charge in [0.05, 0.1) is 12.1 Å². The fourth-order valence-electron chi connectivity index (χ4n) is 0.997. The van der Waals surface area contributed by atoms with E-state index in [9.17, 15) is 14.0 Å². The smallest absolute Gasteiger partial charge is 0.375 e. The van der Waals surface area contributed by atoms with Crippen molar-refractivity contribution in [3.63, 3.8) is 0 Å². The highest BCUT2D eigenvalue weighted by molar-refractivity contribution is 6.37. The van der Waals surface area contributed by atoms with Gasteiger partial charge in [0, 0.05) is 0 Å². The second-order valence-corrected chi connectivity index (χ2v) is 2.90. The minimum atomic E-state index is -0.911. The Hall–Kier alpha value is -0.930. The molecule has 0 spiro atoms. The molecule has 1 atom stereocenters. The van der Waals surface area contributed by atoms with E-state index in [0.29, 0.717) is 0 Å². The van der Waals surface area contributed by atoms with Crippen LogP contribution >= 0.6 is 0 Å². The summed E-state index contributed by atoms with van der Waals surface area (Å²) >= 11 is 0. The first-order chi connectivity index (χ1) is 5.10. The van der Waals surface area contributed by atoms with Crippen LogP contribution < -0.4 is 0 Å². The van der Waals surface area contributed by atoms with Gasteiger partial charge < -0.3 is 4.74 Å². The number of rotatable bonds is 2. The second-order valence-electron chi connectivity index (χ2n) is 2.90. The normalized spacial score (nSPS) is 30.7. The molecular formula is C7H9FO3. The zero-order valence-corrected chi connectivity index (χ0v) is 6.22. The van der Waals surface area contributed by atoms with Crippen LogP contribution in [-0.4, -0.2) is 25.0 Å². The van der Waals surface area contributed by atoms with Gasteiger partial charge in [-0.15, -0.1) is 0 Å². The van der Waals surface area contributed by atoms with E-state index in [4.69, 9.17) is 0 Å². The number of hydrogen-bond donors (Lipinski definition) is 0. The Kier molecular flexibility index (Phi) is 1.93. The van der Waals surface area contributed by atoms with Crippen molar-refractivity contribution in [2.75, 3.05) is 13.3 Å². The first-order valence-corrected chi connectivity index (χ1v) is 3.38. The number of alkyl halides is 1. The number of carbonyl (C=O) groups excluding carboxylic acids is 2. The average molecular weight is 160 g/mol. The fourth-order valence-corrected chi connectivity index (χ4v) is 0.997. The Morgan fingerprint density at radius 3 is 2.64 bits per heavy atom. The van der Waals surface area contributed by atoms with Crippen LogP contribution in [0.4, 0.5) is 4.39 Å². The third kappa shape index (κ3) is 1.25. The molecule has 1 aliphatic rings. The number of ketones is 1. The maximum Gasteiger partial charge on any atom is 0.375 e. The van der Waals surface area contributed by atoms with Crippen LogP contribution in [0.3, 0.4) is 0 Å². The minimum Gasteiger partial charge on any atom is -0.459 e. The zero-order valence-electron chi connectivity index (χ0n) is 6.22. The molecule has 62 valence electrons. The summed E-state index contributed by atoms with van der Waals surface area (Å²) in [6.07, 6.45) is 0.0670. The number of Topliss-reactive ketones (excluding diaryl/α,β-unsaturated/α-hetero) is 1. The molecule has 1 unspecified atom stereocenters. The Morgan fingerprint density at radius 1 is 1.64 bits per heavy atom. The first kappa shape index (κ1) is 8.17. The summed E-state index contributed by atoms with van der Waals surface area (Å²) in [6, 6.07) is 0. The highest BCUT2D eigenvalue weighted by Gasteiger charge is 2.45. The summed E-state index contributed by atoms with van der Waals surface area (Å²) in [4.78, 5) is 21.5. The first-order valence-electron chi connectivity index (χ1n) is 3.38. The van der Waals surface area contributed by atoms with Gasteiger partial charge in [-0.3, -0.25) is 9.18 Å². The van der Waals surface area contributed by atoms with Crippen LogP contribution in [0.15, 0.2) is 0 Å². The molecule has 3 nitrogen and oxygen atoms in total. The SMILES string of the molecule is CC1(CCF)COC(=O)C1=O. The molecule has 0 aromatic heterocycles. The largest absolute Gasteiger partial charge is 0.459 e. The summed E-state index contributed by atoms with van der Waals surface area (Å²) in [5.74, 6) is -1.43. The van der Waals surface area contributed by atoms with Crippen LogP contribution in [0.1, 0.15) is 13.3 Å². The van der Waals surface area contributed by atoms with E-state index in [1.54, 1.807) is 6.92 Å². The number of halogens is 1. The standard InChI is InChI=1S/C7H9FO3/c1-7(2-3-8)4-11-6(10)5(7)9/h2-4H2,1H3. The molecular weight excluding hydrogens is 151 g/mol. The van der Waals surface area contributed by atoms with Gasteiger partial charge in [-0.25, -0.2) is 4.79 Å². The van der Waals surface area contributed by atoms with Gasteiger partial charge in [0.25, 0.3) is 0 Å². The molecule has 0 aromatic carbocycles. The summed E-state index contributed by atoms with van der Waals surface area (Å²) in [7, 11) is 0. The zero-order chi connectivity index (χ0) is 8.48. The maximum atomic E-state index is 11.9. The molecule has 0 aromatic rings.